The minimum absolute atomic E-state index is 0.226. The van der Waals surface area contributed by atoms with Gasteiger partial charge < -0.3 is 14.5 Å². The van der Waals surface area contributed by atoms with Crippen LogP contribution in [-0.4, -0.2) is 57.3 Å². The van der Waals surface area contributed by atoms with Crippen molar-refractivity contribution in [3.63, 3.8) is 0 Å². The van der Waals surface area contributed by atoms with Crippen LogP contribution in [0.25, 0.3) is 0 Å². The standard InChI is InChI=1S/C22H26FN3O/c1-24-11-12-26-20-9-10-25(13-14-27-17-7-5-16(23)6-8-17)15-19(20)18-3-2-4-21(24)22(18)26/h2-8,19-20H,9-15H2,1H3. The number of likely N-dealkylation sites (N-methyl/N-ethyl adjacent to an activating group) is 1. The molecule has 3 aliphatic rings. The van der Waals surface area contributed by atoms with E-state index in [0.717, 1.165) is 38.5 Å². The molecule has 1 fully saturated rings. The van der Waals surface area contributed by atoms with Crippen LogP contribution in [0.4, 0.5) is 15.8 Å². The van der Waals surface area contributed by atoms with Gasteiger partial charge in [-0.2, -0.15) is 0 Å². The second-order valence-corrected chi connectivity index (χ2v) is 7.90. The zero-order valence-corrected chi connectivity index (χ0v) is 15.8. The molecule has 0 aromatic heterocycles. The highest BCUT2D eigenvalue weighted by atomic mass is 19.1. The molecule has 0 saturated carbocycles. The van der Waals surface area contributed by atoms with Gasteiger partial charge in [-0.1, -0.05) is 12.1 Å². The fourth-order valence-corrected chi connectivity index (χ4v) is 5.00. The van der Waals surface area contributed by atoms with Crippen molar-refractivity contribution in [3.05, 3.63) is 53.8 Å². The van der Waals surface area contributed by atoms with Gasteiger partial charge in [-0.05, 0) is 42.3 Å². The summed E-state index contributed by atoms with van der Waals surface area (Å²) in [5, 5.41) is 0. The Bertz CT molecular complexity index is 825. The molecule has 3 aliphatic heterocycles. The molecule has 2 aromatic carbocycles. The summed E-state index contributed by atoms with van der Waals surface area (Å²) >= 11 is 0. The number of hydrogen-bond acceptors (Lipinski definition) is 4. The van der Waals surface area contributed by atoms with Crippen molar-refractivity contribution in [1.82, 2.24) is 4.90 Å². The van der Waals surface area contributed by atoms with Gasteiger partial charge in [0.15, 0.2) is 0 Å². The average molecular weight is 367 g/mol. The summed E-state index contributed by atoms with van der Waals surface area (Å²) in [6.45, 7) is 6.00. The summed E-state index contributed by atoms with van der Waals surface area (Å²) in [4.78, 5) is 7.58. The van der Waals surface area contributed by atoms with E-state index >= 15 is 0 Å². The summed E-state index contributed by atoms with van der Waals surface area (Å²) in [6, 6.07) is 13.7. The number of para-hydroxylation sites is 1. The molecule has 142 valence electrons. The van der Waals surface area contributed by atoms with Crippen molar-refractivity contribution >= 4 is 11.4 Å². The Morgan fingerprint density at radius 3 is 2.78 bits per heavy atom. The molecule has 2 atom stereocenters. The van der Waals surface area contributed by atoms with Crippen LogP contribution in [0.2, 0.25) is 0 Å². The monoisotopic (exact) mass is 367 g/mol. The van der Waals surface area contributed by atoms with E-state index in [0.29, 0.717) is 18.6 Å². The van der Waals surface area contributed by atoms with Gasteiger partial charge >= 0.3 is 0 Å². The molecule has 0 radical (unpaired) electrons. The smallest absolute Gasteiger partial charge is 0.123 e. The predicted molar refractivity (Wildman–Crippen MR) is 107 cm³/mol. The van der Waals surface area contributed by atoms with Gasteiger partial charge in [-0.25, -0.2) is 4.39 Å². The molecule has 2 unspecified atom stereocenters. The summed E-state index contributed by atoms with van der Waals surface area (Å²) in [5.41, 5.74) is 4.39. The molecule has 2 aromatic rings. The third-order valence-corrected chi connectivity index (χ3v) is 6.37. The van der Waals surface area contributed by atoms with E-state index in [2.05, 4.69) is 39.9 Å². The van der Waals surface area contributed by atoms with Crippen LogP contribution in [-0.2, 0) is 0 Å². The largest absolute Gasteiger partial charge is 0.492 e. The molecular formula is C22H26FN3O. The molecule has 0 aliphatic carbocycles. The minimum Gasteiger partial charge on any atom is -0.492 e. The molecule has 0 amide bonds. The van der Waals surface area contributed by atoms with Crippen LogP contribution in [0.15, 0.2) is 42.5 Å². The number of benzene rings is 2. The van der Waals surface area contributed by atoms with Crippen molar-refractivity contribution in [2.24, 2.45) is 0 Å². The summed E-state index contributed by atoms with van der Waals surface area (Å²) < 4.78 is 18.8. The highest BCUT2D eigenvalue weighted by molar-refractivity contribution is 5.80. The number of nitrogens with zero attached hydrogens (tertiary/aromatic N) is 3. The first-order chi connectivity index (χ1) is 13.2. The second-order valence-electron chi connectivity index (χ2n) is 7.90. The number of rotatable bonds is 4. The number of fused-ring (bicyclic) bond motifs is 3. The average Bonchev–Trinajstić information content (AvgIpc) is 3.01. The third kappa shape index (κ3) is 2.94. The zero-order valence-electron chi connectivity index (χ0n) is 15.8. The lowest BCUT2D eigenvalue weighted by atomic mass is 9.89. The number of ether oxygens (including phenoxy) is 1. The molecule has 5 rings (SSSR count). The molecule has 27 heavy (non-hydrogen) atoms. The Labute approximate surface area is 160 Å². The van der Waals surface area contributed by atoms with Crippen LogP contribution in [0.3, 0.4) is 0 Å². The van der Waals surface area contributed by atoms with Crippen LogP contribution in [0.1, 0.15) is 17.9 Å². The Morgan fingerprint density at radius 2 is 1.93 bits per heavy atom. The quantitative estimate of drug-likeness (QED) is 0.825. The van der Waals surface area contributed by atoms with E-state index in [1.165, 1.54) is 35.5 Å². The molecule has 3 heterocycles. The molecular weight excluding hydrogens is 341 g/mol. The highest BCUT2D eigenvalue weighted by Gasteiger charge is 2.44. The first kappa shape index (κ1) is 16.9. The van der Waals surface area contributed by atoms with Gasteiger partial charge in [0.05, 0.1) is 11.4 Å². The predicted octanol–water partition coefficient (Wildman–Crippen LogP) is 3.33. The molecule has 5 heteroatoms. The number of piperidine rings is 1. The van der Waals surface area contributed by atoms with Crippen LogP contribution < -0.4 is 14.5 Å². The molecule has 4 nitrogen and oxygen atoms in total. The number of likely N-dealkylation sites (tertiary alicyclic amines) is 1. The fraction of sp³-hybridized carbons (Fsp3) is 0.455. The second kappa shape index (κ2) is 6.71. The maximum Gasteiger partial charge on any atom is 0.123 e. The number of halogens is 1. The van der Waals surface area contributed by atoms with Gasteiger partial charge in [0.25, 0.3) is 0 Å². The van der Waals surface area contributed by atoms with E-state index in [4.69, 9.17) is 4.74 Å². The van der Waals surface area contributed by atoms with Crippen LogP contribution in [0.5, 0.6) is 5.75 Å². The molecule has 0 spiro atoms. The van der Waals surface area contributed by atoms with Gasteiger partial charge in [-0.15, -0.1) is 0 Å². The third-order valence-electron chi connectivity index (χ3n) is 6.37. The molecule has 1 saturated heterocycles. The lowest BCUT2D eigenvalue weighted by Crippen LogP contribution is -2.49. The van der Waals surface area contributed by atoms with Crippen LogP contribution >= 0.6 is 0 Å². The fourth-order valence-electron chi connectivity index (χ4n) is 5.00. The SMILES string of the molecule is CN1CCN2c3c(cccc31)C1CN(CCOc3ccc(F)cc3)CCC12. The zero-order chi connectivity index (χ0) is 18.4. The van der Waals surface area contributed by atoms with E-state index in [9.17, 15) is 4.39 Å². The van der Waals surface area contributed by atoms with Gasteiger partial charge in [0.2, 0.25) is 0 Å². The maximum atomic E-state index is 13.0. The Hall–Kier alpha value is -2.27. The number of hydrogen-bond donors (Lipinski definition) is 0. The highest BCUT2D eigenvalue weighted by Crippen LogP contribution is 2.50. The normalized spacial score (nSPS) is 23.9. The van der Waals surface area contributed by atoms with Gasteiger partial charge in [0, 0.05) is 51.7 Å². The topological polar surface area (TPSA) is 19.0 Å². The maximum absolute atomic E-state index is 13.0. The minimum atomic E-state index is -0.226. The van der Waals surface area contributed by atoms with Crippen molar-refractivity contribution < 1.29 is 9.13 Å². The van der Waals surface area contributed by atoms with E-state index in [-0.39, 0.29) is 5.82 Å². The van der Waals surface area contributed by atoms with Crippen molar-refractivity contribution in [3.8, 4) is 5.75 Å². The Kier molecular flexibility index (Phi) is 4.20. The van der Waals surface area contributed by atoms with Gasteiger partial charge in [0.1, 0.15) is 18.2 Å². The van der Waals surface area contributed by atoms with E-state index < -0.39 is 0 Å². The first-order valence-corrected chi connectivity index (χ1v) is 9.92. The lowest BCUT2D eigenvalue weighted by Gasteiger charge is -2.41. The first-order valence-electron chi connectivity index (χ1n) is 9.92. The lowest BCUT2D eigenvalue weighted by molar-refractivity contribution is 0.161. The van der Waals surface area contributed by atoms with Crippen LogP contribution in [0, 0.1) is 5.82 Å². The summed E-state index contributed by atoms with van der Waals surface area (Å²) in [5.74, 6) is 1.10. The van der Waals surface area contributed by atoms with E-state index in [1.807, 2.05) is 0 Å². The Morgan fingerprint density at radius 1 is 1.07 bits per heavy atom. The Balaban J connectivity index is 1.26. The van der Waals surface area contributed by atoms with Crippen molar-refractivity contribution in [2.75, 3.05) is 56.2 Å². The van der Waals surface area contributed by atoms with Crippen molar-refractivity contribution in [2.45, 2.75) is 18.4 Å². The molecule has 0 bridgehead atoms. The summed E-state index contributed by atoms with van der Waals surface area (Å²) in [6.07, 6.45) is 1.21. The summed E-state index contributed by atoms with van der Waals surface area (Å²) in [7, 11) is 2.20. The van der Waals surface area contributed by atoms with Gasteiger partial charge in [-0.3, -0.25) is 4.90 Å². The number of anilines is 2. The van der Waals surface area contributed by atoms with Crippen molar-refractivity contribution in [1.29, 1.82) is 0 Å². The molecule has 0 N–H and O–H groups in total. The van der Waals surface area contributed by atoms with E-state index in [1.54, 1.807) is 12.1 Å².